The molecule has 0 radical (unpaired) electrons. The van der Waals surface area contributed by atoms with Gasteiger partial charge in [-0.05, 0) is 55.9 Å². The van der Waals surface area contributed by atoms with Crippen molar-refractivity contribution in [2.75, 3.05) is 27.2 Å². The molecule has 0 saturated carbocycles. The van der Waals surface area contributed by atoms with E-state index in [9.17, 15) is 22.4 Å². The van der Waals surface area contributed by atoms with Crippen molar-refractivity contribution < 1.29 is 27.1 Å². The first-order valence-corrected chi connectivity index (χ1v) is 9.22. The number of carbonyl (C=O) groups is 1. The predicted octanol–water partition coefficient (Wildman–Crippen LogP) is 4.47. The Bertz CT molecular complexity index is 897. The molecule has 29 heavy (non-hydrogen) atoms. The summed E-state index contributed by atoms with van der Waals surface area (Å²) in [5.74, 6) is -0.957. The van der Waals surface area contributed by atoms with E-state index in [0.29, 0.717) is 37.9 Å². The normalized spacial score (nSPS) is 14.1. The Morgan fingerprint density at radius 2 is 1.79 bits per heavy atom. The number of hydrogen-bond acceptors (Lipinski definition) is 3. The van der Waals surface area contributed by atoms with Crippen LogP contribution < -0.4 is 4.74 Å². The van der Waals surface area contributed by atoms with Gasteiger partial charge in [-0.2, -0.15) is 13.2 Å². The van der Waals surface area contributed by atoms with Gasteiger partial charge in [0.15, 0.2) is 0 Å². The number of halogens is 4. The molecule has 4 nitrogen and oxygen atoms in total. The monoisotopic (exact) mass is 410 g/mol. The summed E-state index contributed by atoms with van der Waals surface area (Å²) in [6, 6.07) is 7.77. The Balaban J connectivity index is 1.72. The molecule has 0 saturated heterocycles. The molecule has 0 N–H and O–H groups in total. The van der Waals surface area contributed by atoms with Crippen molar-refractivity contribution in [3.63, 3.8) is 0 Å². The first kappa shape index (κ1) is 21.1. The molecule has 8 heteroatoms. The number of alkyl halides is 3. The summed E-state index contributed by atoms with van der Waals surface area (Å²) >= 11 is 0. The fourth-order valence-corrected chi connectivity index (χ4v) is 3.21. The molecule has 0 aromatic heterocycles. The molecule has 1 aliphatic heterocycles. The van der Waals surface area contributed by atoms with Gasteiger partial charge in [0.25, 0.3) is 0 Å². The van der Waals surface area contributed by atoms with Crippen LogP contribution in [0.3, 0.4) is 0 Å². The standard InChI is InChI=1S/C21H22F4N2O2/c1-26(2)9-8-20(28)27-10-7-14-3-4-16(11-15(14)13-27)29-17-5-6-18(19(22)12-17)21(23,24)25/h3-6,11-12H,7-10,13H2,1-2H3. The van der Waals surface area contributed by atoms with Crippen LogP contribution in [0.4, 0.5) is 17.6 Å². The molecule has 0 atom stereocenters. The van der Waals surface area contributed by atoms with Gasteiger partial charge in [-0.15, -0.1) is 0 Å². The first-order chi connectivity index (χ1) is 13.6. The topological polar surface area (TPSA) is 32.8 Å². The maximum Gasteiger partial charge on any atom is 0.419 e. The fourth-order valence-electron chi connectivity index (χ4n) is 3.21. The van der Waals surface area contributed by atoms with Crippen molar-refractivity contribution in [1.82, 2.24) is 9.80 Å². The lowest BCUT2D eigenvalue weighted by Crippen LogP contribution is -2.37. The molecule has 0 bridgehead atoms. The van der Waals surface area contributed by atoms with Crippen molar-refractivity contribution in [2.45, 2.75) is 25.6 Å². The van der Waals surface area contributed by atoms with Crippen molar-refractivity contribution in [3.8, 4) is 11.5 Å². The number of benzene rings is 2. The van der Waals surface area contributed by atoms with Crippen LogP contribution in [0.5, 0.6) is 11.5 Å². The zero-order valence-electron chi connectivity index (χ0n) is 16.2. The second-order valence-electron chi connectivity index (χ2n) is 7.29. The van der Waals surface area contributed by atoms with E-state index in [1.54, 1.807) is 17.0 Å². The Morgan fingerprint density at radius 3 is 2.45 bits per heavy atom. The lowest BCUT2D eigenvalue weighted by atomic mass is 9.99. The van der Waals surface area contributed by atoms with Crippen LogP contribution in [-0.2, 0) is 23.9 Å². The van der Waals surface area contributed by atoms with E-state index in [1.165, 1.54) is 0 Å². The van der Waals surface area contributed by atoms with Crippen LogP contribution in [0, 0.1) is 5.82 Å². The molecule has 0 aliphatic carbocycles. The number of amides is 1. The smallest absolute Gasteiger partial charge is 0.419 e. The molecule has 1 amide bonds. The molecule has 0 unspecified atom stereocenters. The minimum Gasteiger partial charge on any atom is -0.457 e. The summed E-state index contributed by atoms with van der Waals surface area (Å²) in [6.45, 7) is 1.76. The lowest BCUT2D eigenvalue weighted by molar-refractivity contribution is -0.140. The Hall–Kier alpha value is -2.61. The highest BCUT2D eigenvalue weighted by molar-refractivity contribution is 5.76. The molecule has 2 aromatic carbocycles. The van der Waals surface area contributed by atoms with Crippen molar-refractivity contribution in [1.29, 1.82) is 0 Å². The summed E-state index contributed by atoms with van der Waals surface area (Å²) < 4.78 is 57.3. The molecular formula is C21H22F4N2O2. The van der Waals surface area contributed by atoms with E-state index in [-0.39, 0.29) is 11.7 Å². The van der Waals surface area contributed by atoms with Crippen molar-refractivity contribution in [2.24, 2.45) is 0 Å². The van der Waals surface area contributed by atoms with E-state index in [2.05, 4.69) is 0 Å². The van der Waals surface area contributed by atoms with Crippen LogP contribution >= 0.6 is 0 Å². The highest BCUT2D eigenvalue weighted by atomic mass is 19.4. The van der Waals surface area contributed by atoms with Gasteiger partial charge in [0.1, 0.15) is 17.3 Å². The van der Waals surface area contributed by atoms with E-state index < -0.39 is 17.6 Å². The lowest BCUT2D eigenvalue weighted by Gasteiger charge is -2.29. The van der Waals surface area contributed by atoms with E-state index >= 15 is 0 Å². The Morgan fingerprint density at radius 1 is 1.10 bits per heavy atom. The average molecular weight is 410 g/mol. The van der Waals surface area contributed by atoms with E-state index in [0.717, 1.165) is 29.7 Å². The molecule has 1 heterocycles. The van der Waals surface area contributed by atoms with Crippen LogP contribution in [0.15, 0.2) is 36.4 Å². The third-order valence-electron chi connectivity index (χ3n) is 4.80. The Kier molecular flexibility index (Phi) is 6.12. The SMILES string of the molecule is CN(C)CCC(=O)N1CCc2ccc(Oc3ccc(C(F)(F)F)c(F)c3)cc2C1. The van der Waals surface area contributed by atoms with Crippen LogP contribution in [0.25, 0.3) is 0 Å². The van der Waals surface area contributed by atoms with Gasteiger partial charge in [0.05, 0.1) is 5.56 Å². The van der Waals surface area contributed by atoms with Crippen molar-refractivity contribution in [3.05, 3.63) is 58.9 Å². The second kappa shape index (κ2) is 8.41. The minimum atomic E-state index is -4.75. The molecular weight excluding hydrogens is 388 g/mol. The molecule has 0 spiro atoms. The van der Waals surface area contributed by atoms with Crippen LogP contribution in [0.1, 0.15) is 23.1 Å². The zero-order valence-corrected chi connectivity index (χ0v) is 16.2. The van der Waals surface area contributed by atoms with Crippen LogP contribution in [0.2, 0.25) is 0 Å². The van der Waals surface area contributed by atoms with Gasteiger partial charge < -0.3 is 14.5 Å². The van der Waals surface area contributed by atoms with Crippen molar-refractivity contribution >= 4 is 5.91 Å². The number of ether oxygens (including phenoxy) is 1. The Labute approximate surface area is 166 Å². The number of fused-ring (bicyclic) bond motifs is 1. The zero-order chi connectivity index (χ0) is 21.2. The van der Waals surface area contributed by atoms with Gasteiger partial charge in [-0.1, -0.05) is 6.07 Å². The van der Waals surface area contributed by atoms with Gasteiger partial charge >= 0.3 is 6.18 Å². The number of nitrogens with zero attached hydrogens (tertiary/aromatic N) is 2. The first-order valence-electron chi connectivity index (χ1n) is 9.22. The quantitative estimate of drug-likeness (QED) is 0.682. The third kappa shape index (κ3) is 5.26. The van der Waals surface area contributed by atoms with Gasteiger partial charge in [0.2, 0.25) is 5.91 Å². The maximum atomic E-state index is 13.7. The highest BCUT2D eigenvalue weighted by Gasteiger charge is 2.34. The van der Waals surface area contributed by atoms with Gasteiger partial charge in [-0.25, -0.2) is 4.39 Å². The van der Waals surface area contributed by atoms with Gasteiger partial charge in [-0.3, -0.25) is 4.79 Å². The second-order valence-corrected chi connectivity index (χ2v) is 7.29. The third-order valence-corrected chi connectivity index (χ3v) is 4.80. The number of hydrogen-bond donors (Lipinski definition) is 0. The molecule has 3 rings (SSSR count). The predicted molar refractivity (Wildman–Crippen MR) is 100 cm³/mol. The summed E-state index contributed by atoms with van der Waals surface area (Å²) in [7, 11) is 3.82. The number of rotatable bonds is 5. The van der Waals surface area contributed by atoms with Gasteiger partial charge in [0, 0.05) is 32.1 Å². The summed E-state index contributed by atoms with van der Waals surface area (Å²) in [4.78, 5) is 16.1. The molecule has 1 aliphatic rings. The summed E-state index contributed by atoms with van der Waals surface area (Å²) in [5, 5.41) is 0. The maximum absolute atomic E-state index is 13.7. The fraction of sp³-hybridized carbons (Fsp3) is 0.381. The minimum absolute atomic E-state index is 0.0230. The average Bonchev–Trinajstić information content (AvgIpc) is 2.64. The van der Waals surface area contributed by atoms with E-state index in [1.807, 2.05) is 25.1 Å². The van der Waals surface area contributed by atoms with Crippen LogP contribution in [-0.4, -0.2) is 42.9 Å². The molecule has 156 valence electrons. The molecule has 2 aromatic rings. The summed E-state index contributed by atoms with van der Waals surface area (Å²) in [5.41, 5.74) is 0.675. The van der Waals surface area contributed by atoms with E-state index in [4.69, 9.17) is 4.74 Å². The number of carbonyl (C=O) groups excluding carboxylic acids is 1. The summed E-state index contributed by atoms with van der Waals surface area (Å²) in [6.07, 6.45) is -3.60. The largest absolute Gasteiger partial charge is 0.457 e. The highest BCUT2D eigenvalue weighted by Crippen LogP contribution is 2.34. The molecule has 0 fully saturated rings.